The van der Waals surface area contributed by atoms with Crippen molar-refractivity contribution in [2.45, 2.75) is 44.2 Å². The molecule has 1 fully saturated rings. The molecule has 2 heterocycles. The van der Waals surface area contributed by atoms with E-state index in [0.29, 0.717) is 13.2 Å². The molecule has 4 nitrogen and oxygen atoms in total. The van der Waals surface area contributed by atoms with Gasteiger partial charge in [0.15, 0.2) is 0 Å². The Morgan fingerprint density at radius 2 is 2.45 bits per heavy atom. The number of carbonyl (C=O) groups is 1. The quantitative estimate of drug-likeness (QED) is 0.905. The molecule has 1 aromatic rings. The molecule has 0 bridgehead atoms. The Bertz CT molecular complexity index is 487. The zero-order valence-corrected chi connectivity index (χ0v) is 12.6. The first-order valence-corrected chi connectivity index (χ1v) is 8.18. The Kier molecular flexibility index (Phi) is 4.10. The fourth-order valence-electron chi connectivity index (χ4n) is 3.18. The van der Waals surface area contributed by atoms with E-state index < -0.39 is 0 Å². The van der Waals surface area contributed by atoms with Crippen LogP contribution in [-0.2, 0) is 16.0 Å². The number of nitrogens with zero attached hydrogens (tertiary/aromatic N) is 1. The number of hydrogen-bond acceptors (Lipinski definition) is 4. The maximum Gasteiger partial charge on any atom is 0.230 e. The van der Waals surface area contributed by atoms with Crippen LogP contribution in [0.1, 0.15) is 36.1 Å². The average Bonchev–Trinajstić information content (AvgIpc) is 2.95. The summed E-state index contributed by atoms with van der Waals surface area (Å²) in [6.07, 6.45) is 2.90. The second kappa shape index (κ2) is 5.84. The molecular weight excluding hydrogens is 274 g/mol. The molecule has 0 spiro atoms. The summed E-state index contributed by atoms with van der Waals surface area (Å²) < 4.78 is 5.52. The van der Waals surface area contributed by atoms with Gasteiger partial charge in [0.1, 0.15) is 0 Å². The van der Waals surface area contributed by atoms with Gasteiger partial charge >= 0.3 is 0 Å². The van der Waals surface area contributed by atoms with E-state index in [9.17, 15) is 9.90 Å². The summed E-state index contributed by atoms with van der Waals surface area (Å²) in [7, 11) is 0. The minimum absolute atomic E-state index is 0.00453. The van der Waals surface area contributed by atoms with Crippen LogP contribution < -0.4 is 0 Å². The normalized spacial score (nSPS) is 30.1. The molecule has 2 aliphatic rings. The molecule has 0 saturated carbocycles. The van der Waals surface area contributed by atoms with Gasteiger partial charge < -0.3 is 14.7 Å². The molecule has 20 heavy (non-hydrogen) atoms. The molecule has 110 valence electrons. The van der Waals surface area contributed by atoms with E-state index in [0.717, 1.165) is 19.3 Å². The van der Waals surface area contributed by atoms with E-state index >= 15 is 0 Å². The SMILES string of the molecule is CC1COC(CO)CN1C(=O)C1CCCc2sccc21. The molecule has 1 aliphatic carbocycles. The summed E-state index contributed by atoms with van der Waals surface area (Å²) in [6, 6.07) is 2.20. The number of fused-ring (bicyclic) bond motifs is 1. The molecule has 1 saturated heterocycles. The maximum absolute atomic E-state index is 12.9. The lowest BCUT2D eigenvalue weighted by Crippen LogP contribution is -2.53. The average molecular weight is 295 g/mol. The second-order valence-corrected chi connectivity index (χ2v) is 6.72. The highest BCUT2D eigenvalue weighted by atomic mass is 32.1. The third-order valence-corrected chi connectivity index (χ3v) is 5.34. The number of amides is 1. The molecule has 1 amide bonds. The number of carbonyl (C=O) groups excluding carboxylic acids is 1. The van der Waals surface area contributed by atoms with Gasteiger partial charge in [0.2, 0.25) is 5.91 Å². The summed E-state index contributed by atoms with van der Waals surface area (Å²) in [5.74, 6) is 0.212. The Hall–Kier alpha value is -0.910. The van der Waals surface area contributed by atoms with Gasteiger partial charge in [-0.2, -0.15) is 0 Å². The minimum Gasteiger partial charge on any atom is -0.394 e. The van der Waals surface area contributed by atoms with Crippen LogP contribution in [0.15, 0.2) is 11.4 Å². The van der Waals surface area contributed by atoms with Gasteiger partial charge in [-0.05, 0) is 43.2 Å². The van der Waals surface area contributed by atoms with Crippen molar-refractivity contribution < 1.29 is 14.6 Å². The standard InChI is InChI=1S/C15H21NO3S/c1-10-9-19-11(8-17)7-16(10)15(18)13-3-2-4-14-12(13)5-6-20-14/h5-6,10-11,13,17H,2-4,7-9H2,1H3. The number of aliphatic hydroxyl groups is 1. The minimum atomic E-state index is -0.235. The third kappa shape index (κ3) is 2.50. The molecule has 0 aromatic carbocycles. The molecular formula is C15H21NO3S. The van der Waals surface area contributed by atoms with E-state index in [1.807, 2.05) is 11.8 Å². The summed E-state index contributed by atoms with van der Waals surface area (Å²) in [6.45, 7) is 3.01. The van der Waals surface area contributed by atoms with Gasteiger partial charge in [0.05, 0.1) is 31.3 Å². The van der Waals surface area contributed by atoms with Crippen LogP contribution >= 0.6 is 11.3 Å². The fraction of sp³-hybridized carbons (Fsp3) is 0.667. The van der Waals surface area contributed by atoms with Crippen molar-refractivity contribution in [3.05, 3.63) is 21.9 Å². The second-order valence-electron chi connectivity index (χ2n) is 5.72. The van der Waals surface area contributed by atoms with Crippen molar-refractivity contribution >= 4 is 17.2 Å². The summed E-state index contributed by atoms with van der Waals surface area (Å²) in [5, 5.41) is 11.3. The highest BCUT2D eigenvalue weighted by Gasteiger charge is 2.35. The maximum atomic E-state index is 12.9. The Morgan fingerprint density at radius 3 is 3.25 bits per heavy atom. The molecule has 5 heteroatoms. The summed E-state index contributed by atoms with van der Waals surface area (Å²) >= 11 is 1.76. The molecule has 3 rings (SSSR count). The summed E-state index contributed by atoms with van der Waals surface area (Å²) in [5.41, 5.74) is 1.23. The number of aliphatic hydroxyl groups excluding tert-OH is 1. The predicted molar refractivity (Wildman–Crippen MR) is 78.0 cm³/mol. The van der Waals surface area contributed by atoms with Gasteiger partial charge in [-0.3, -0.25) is 4.79 Å². The van der Waals surface area contributed by atoms with Crippen LogP contribution in [0.2, 0.25) is 0 Å². The zero-order chi connectivity index (χ0) is 14.1. The topological polar surface area (TPSA) is 49.8 Å². The number of ether oxygens (including phenoxy) is 1. The first-order valence-electron chi connectivity index (χ1n) is 7.30. The molecule has 1 aromatic heterocycles. The molecule has 1 N–H and O–H groups in total. The first kappa shape index (κ1) is 14.0. The molecule has 3 atom stereocenters. The van der Waals surface area contributed by atoms with Gasteiger partial charge in [-0.15, -0.1) is 11.3 Å². The van der Waals surface area contributed by atoms with E-state index in [-0.39, 0.29) is 30.6 Å². The molecule has 0 radical (unpaired) electrons. The number of morpholine rings is 1. The van der Waals surface area contributed by atoms with Crippen LogP contribution in [0.4, 0.5) is 0 Å². The highest BCUT2D eigenvalue weighted by Crippen LogP contribution is 2.36. The predicted octanol–water partition coefficient (Wildman–Crippen LogP) is 1.78. The van der Waals surface area contributed by atoms with Crippen molar-refractivity contribution in [1.29, 1.82) is 0 Å². The van der Waals surface area contributed by atoms with Crippen molar-refractivity contribution in [3.8, 4) is 0 Å². The molecule has 3 unspecified atom stereocenters. The van der Waals surface area contributed by atoms with Gasteiger partial charge in [0, 0.05) is 11.4 Å². The van der Waals surface area contributed by atoms with Crippen molar-refractivity contribution in [3.63, 3.8) is 0 Å². The van der Waals surface area contributed by atoms with Crippen LogP contribution in [0.25, 0.3) is 0 Å². The van der Waals surface area contributed by atoms with E-state index in [1.54, 1.807) is 11.3 Å². The van der Waals surface area contributed by atoms with Crippen molar-refractivity contribution in [1.82, 2.24) is 4.90 Å². The Labute approximate surface area is 123 Å². The van der Waals surface area contributed by atoms with Crippen LogP contribution in [-0.4, -0.2) is 47.8 Å². The van der Waals surface area contributed by atoms with E-state index in [2.05, 4.69) is 11.4 Å². The van der Waals surface area contributed by atoms with E-state index in [4.69, 9.17) is 4.74 Å². The van der Waals surface area contributed by atoms with Gasteiger partial charge in [-0.1, -0.05) is 0 Å². The Balaban J connectivity index is 1.79. The van der Waals surface area contributed by atoms with Gasteiger partial charge in [-0.25, -0.2) is 0 Å². The van der Waals surface area contributed by atoms with Crippen molar-refractivity contribution in [2.75, 3.05) is 19.8 Å². The van der Waals surface area contributed by atoms with E-state index in [1.165, 1.54) is 10.4 Å². The van der Waals surface area contributed by atoms with Crippen molar-refractivity contribution in [2.24, 2.45) is 0 Å². The smallest absolute Gasteiger partial charge is 0.230 e. The number of aryl methyl sites for hydroxylation is 1. The number of thiophene rings is 1. The lowest BCUT2D eigenvalue weighted by molar-refractivity contribution is -0.148. The number of rotatable bonds is 2. The van der Waals surface area contributed by atoms with Crippen LogP contribution in [0.3, 0.4) is 0 Å². The zero-order valence-electron chi connectivity index (χ0n) is 11.7. The monoisotopic (exact) mass is 295 g/mol. The Morgan fingerprint density at radius 1 is 1.60 bits per heavy atom. The number of hydrogen-bond donors (Lipinski definition) is 1. The van der Waals surface area contributed by atoms with Gasteiger partial charge in [0.25, 0.3) is 0 Å². The lowest BCUT2D eigenvalue weighted by Gasteiger charge is -2.39. The largest absolute Gasteiger partial charge is 0.394 e. The fourth-order valence-corrected chi connectivity index (χ4v) is 4.17. The third-order valence-electron chi connectivity index (χ3n) is 4.34. The summed E-state index contributed by atoms with van der Waals surface area (Å²) in [4.78, 5) is 16.2. The van der Waals surface area contributed by atoms with Crippen LogP contribution in [0, 0.1) is 0 Å². The first-order chi connectivity index (χ1) is 9.70. The molecule has 1 aliphatic heterocycles. The lowest BCUT2D eigenvalue weighted by atomic mass is 9.86. The van der Waals surface area contributed by atoms with Crippen LogP contribution in [0.5, 0.6) is 0 Å². The highest BCUT2D eigenvalue weighted by molar-refractivity contribution is 7.10.